The van der Waals surface area contributed by atoms with E-state index in [1.54, 1.807) is 6.20 Å². The molecule has 0 unspecified atom stereocenters. The zero-order chi connectivity index (χ0) is 13.0. The van der Waals surface area contributed by atoms with E-state index in [9.17, 15) is 4.79 Å². The minimum absolute atomic E-state index is 0.197. The number of hydrogen-bond donors (Lipinski definition) is 2. The van der Waals surface area contributed by atoms with Gasteiger partial charge in [-0.25, -0.2) is 4.98 Å². The molecule has 0 fully saturated rings. The normalized spacial score (nSPS) is 10.3. The fraction of sp³-hybridized carbons (Fsp3) is 0.364. The lowest BCUT2D eigenvalue weighted by molar-refractivity contribution is 0.408. The number of nitrogens with one attached hydrogen (secondary N) is 2. The molecule has 0 amide bonds. The van der Waals surface area contributed by atoms with Gasteiger partial charge in [-0.3, -0.25) is 9.48 Å². The number of hydrogen-bond acceptors (Lipinski definition) is 5. The Hall–Kier alpha value is -2.31. The number of ether oxygens (including phenoxy) is 1. The summed E-state index contributed by atoms with van der Waals surface area (Å²) in [5, 5.41) is 7.16. The third kappa shape index (κ3) is 2.50. The van der Waals surface area contributed by atoms with Gasteiger partial charge in [0.2, 0.25) is 5.75 Å². The first-order chi connectivity index (χ1) is 8.72. The molecule has 96 valence electrons. The number of aromatic nitrogens is 4. The Morgan fingerprint density at radius 2 is 2.39 bits per heavy atom. The van der Waals surface area contributed by atoms with Crippen molar-refractivity contribution in [2.24, 2.45) is 7.05 Å². The highest BCUT2D eigenvalue weighted by Gasteiger charge is 2.08. The highest BCUT2D eigenvalue weighted by Crippen LogP contribution is 2.13. The molecular formula is C11H15N5O2. The van der Waals surface area contributed by atoms with Crippen molar-refractivity contribution in [3.05, 3.63) is 34.6 Å². The average molecular weight is 249 g/mol. The van der Waals surface area contributed by atoms with Crippen molar-refractivity contribution in [2.45, 2.75) is 6.42 Å². The zero-order valence-electron chi connectivity index (χ0n) is 10.3. The summed E-state index contributed by atoms with van der Waals surface area (Å²) in [7, 11) is 3.33. The molecule has 2 heterocycles. The molecule has 2 N–H and O–H groups in total. The number of methoxy groups -OCH3 is 1. The van der Waals surface area contributed by atoms with Crippen LogP contribution in [0.4, 0.5) is 5.82 Å². The summed E-state index contributed by atoms with van der Waals surface area (Å²) in [6.45, 7) is 0.645. The van der Waals surface area contributed by atoms with Crippen molar-refractivity contribution < 1.29 is 4.74 Å². The first-order valence-corrected chi connectivity index (χ1v) is 5.55. The molecule has 18 heavy (non-hydrogen) atoms. The Kier molecular flexibility index (Phi) is 3.61. The summed E-state index contributed by atoms with van der Waals surface area (Å²) in [5.74, 6) is 0.644. The molecule has 2 rings (SSSR count). The van der Waals surface area contributed by atoms with Crippen LogP contribution in [0.2, 0.25) is 0 Å². The Labute approximate surface area is 104 Å². The van der Waals surface area contributed by atoms with Gasteiger partial charge < -0.3 is 15.0 Å². The first-order valence-electron chi connectivity index (χ1n) is 5.55. The van der Waals surface area contributed by atoms with E-state index in [4.69, 9.17) is 4.74 Å². The molecule has 0 aliphatic heterocycles. The second-order valence-corrected chi connectivity index (χ2v) is 3.74. The molecule has 0 saturated heterocycles. The van der Waals surface area contributed by atoms with Crippen LogP contribution in [0.1, 0.15) is 5.69 Å². The molecule has 0 bridgehead atoms. The van der Waals surface area contributed by atoms with E-state index >= 15 is 0 Å². The minimum atomic E-state index is -0.296. The third-order valence-electron chi connectivity index (χ3n) is 2.61. The Morgan fingerprint density at radius 1 is 1.56 bits per heavy atom. The summed E-state index contributed by atoms with van der Waals surface area (Å²) < 4.78 is 6.81. The molecule has 0 spiro atoms. The standard InChI is InChI=1S/C11H15N5O2/c1-16-8(4-6-15-16)3-5-12-10-9(18-2)11(17)14-7-13-10/h4,6-7H,3,5H2,1-2H3,(H2,12,13,14,17). The maximum Gasteiger partial charge on any atom is 0.295 e. The van der Waals surface area contributed by atoms with Gasteiger partial charge in [0.15, 0.2) is 5.82 Å². The van der Waals surface area contributed by atoms with Crippen molar-refractivity contribution in [3.8, 4) is 5.75 Å². The minimum Gasteiger partial charge on any atom is -0.489 e. The Balaban J connectivity index is 2.01. The van der Waals surface area contributed by atoms with Gasteiger partial charge >= 0.3 is 0 Å². The average Bonchev–Trinajstić information content (AvgIpc) is 2.75. The maximum atomic E-state index is 11.4. The van der Waals surface area contributed by atoms with Gasteiger partial charge in [0.1, 0.15) is 0 Å². The van der Waals surface area contributed by atoms with Gasteiger partial charge in [-0.1, -0.05) is 0 Å². The summed E-state index contributed by atoms with van der Waals surface area (Å²) in [5.41, 5.74) is 0.807. The summed E-state index contributed by atoms with van der Waals surface area (Å²) >= 11 is 0. The number of nitrogens with zero attached hydrogens (tertiary/aromatic N) is 3. The van der Waals surface area contributed by atoms with E-state index < -0.39 is 0 Å². The lowest BCUT2D eigenvalue weighted by Gasteiger charge is -2.08. The van der Waals surface area contributed by atoms with Crippen molar-refractivity contribution in [3.63, 3.8) is 0 Å². The fourth-order valence-electron chi connectivity index (χ4n) is 1.66. The van der Waals surface area contributed by atoms with Crippen molar-refractivity contribution in [2.75, 3.05) is 19.0 Å². The first kappa shape index (κ1) is 12.2. The topological polar surface area (TPSA) is 84.8 Å². The number of aromatic amines is 1. The number of H-pyrrole nitrogens is 1. The SMILES string of the molecule is COc1c(NCCc2ccnn2C)nc[nH]c1=O. The van der Waals surface area contributed by atoms with E-state index in [0.29, 0.717) is 12.4 Å². The second kappa shape index (κ2) is 5.35. The molecule has 0 aliphatic rings. The van der Waals surface area contributed by atoms with Gasteiger partial charge in [-0.15, -0.1) is 0 Å². The highest BCUT2D eigenvalue weighted by atomic mass is 16.5. The van der Waals surface area contributed by atoms with Crippen LogP contribution in [0.25, 0.3) is 0 Å². The largest absolute Gasteiger partial charge is 0.489 e. The summed E-state index contributed by atoms with van der Waals surface area (Å²) in [4.78, 5) is 17.9. The van der Waals surface area contributed by atoms with Gasteiger partial charge in [0.25, 0.3) is 5.56 Å². The summed E-state index contributed by atoms with van der Waals surface area (Å²) in [6, 6.07) is 1.95. The third-order valence-corrected chi connectivity index (χ3v) is 2.61. The predicted octanol–water partition coefficient (Wildman–Crippen LogP) is 0.167. The summed E-state index contributed by atoms with van der Waals surface area (Å²) in [6.07, 6.45) is 3.88. The van der Waals surface area contributed by atoms with E-state index in [-0.39, 0.29) is 11.3 Å². The molecule has 7 heteroatoms. The lowest BCUT2D eigenvalue weighted by Crippen LogP contribution is -2.16. The van der Waals surface area contributed by atoms with E-state index in [2.05, 4.69) is 20.4 Å². The van der Waals surface area contributed by atoms with Gasteiger partial charge in [0.05, 0.1) is 13.4 Å². The molecule has 0 aliphatic carbocycles. The Morgan fingerprint density at radius 3 is 3.06 bits per heavy atom. The molecule has 0 atom stereocenters. The molecule has 7 nitrogen and oxygen atoms in total. The lowest BCUT2D eigenvalue weighted by atomic mass is 10.3. The van der Waals surface area contributed by atoms with Gasteiger partial charge in [-0.05, 0) is 6.07 Å². The number of anilines is 1. The highest BCUT2D eigenvalue weighted by molar-refractivity contribution is 5.47. The van der Waals surface area contributed by atoms with E-state index in [1.165, 1.54) is 13.4 Å². The van der Waals surface area contributed by atoms with Crippen LogP contribution in [0.3, 0.4) is 0 Å². The van der Waals surface area contributed by atoms with Crippen LogP contribution in [0.15, 0.2) is 23.4 Å². The molecular weight excluding hydrogens is 234 g/mol. The van der Waals surface area contributed by atoms with Crippen molar-refractivity contribution >= 4 is 5.82 Å². The van der Waals surface area contributed by atoms with Crippen molar-refractivity contribution in [1.82, 2.24) is 19.7 Å². The smallest absolute Gasteiger partial charge is 0.295 e. The van der Waals surface area contributed by atoms with Crippen LogP contribution in [-0.4, -0.2) is 33.4 Å². The van der Waals surface area contributed by atoms with Crippen LogP contribution in [0.5, 0.6) is 5.75 Å². The monoisotopic (exact) mass is 249 g/mol. The maximum absolute atomic E-state index is 11.4. The molecule has 0 aromatic carbocycles. The number of aryl methyl sites for hydroxylation is 1. The van der Waals surface area contributed by atoms with Crippen LogP contribution in [-0.2, 0) is 13.5 Å². The molecule has 2 aromatic heterocycles. The van der Waals surface area contributed by atoms with E-state index in [1.807, 2.05) is 17.8 Å². The molecule has 0 saturated carbocycles. The Bertz CT molecular complexity index is 575. The second-order valence-electron chi connectivity index (χ2n) is 3.74. The zero-order valence-corrected chi connectivity index (χ0v) is 10.3. The quantitative estimate of drug-likeness (QED) is 0.789. The van der Waals surface area contributed by atoms with E-state index in [0.717, 1.165) is 12.1 Å². The molecule has 0 radical (unpaired) electrons. The molecule has 2 aromatic rings. The van der Waals surface area contributed by atoms with Gasteiger partial charge in [0, 0.05) is 31.9 Å². The predicted molar refractivity (Wildman–Crippen MR) is 66.8 cm³/mol. The van der Waals surface area contributed by atoms with Crippen LogP contribution in [0, 0.1) is 0 Å². The van der Waals surface area contributed by atoms with Crippen LogP contribution >= 0.6 is 0 Å². The van der Waals surface area contributed by atoms with Gasteiger partial charge in [-0.2, -0.15) is 5.10 Å². The van der Waals surface area contributed by atoms with Crippen molar-refractivity contribution in [1.29, 1.82) is 0 Å². The van der Waals surface area contributed by atoms with Crippen LogP contribution < -0.4 is 15.6 Å². The number of rotatable bonds is 5. The fourth-order valence-corrected chi connectivity index (χ4v) is 1.66.